The monoisotopic (exact) mass is 344 g/mol. The highest BCUT2D eigenvalue weighted by Crippen LogP contribution is 2.42. The molecule has 4 nitrogen and oxygen atoms in total. The number of rotatable bonds is 3. The summed E-state index contributed by atoms with van der Waals surface area (Å²) in [6.45, 7) is 2.57. The molecule has 3 fully saturated rings. The Morgan fingerprint density at radius 2 is 1.88 bits per heavy atom. The van der Waals surface area contributed by atoms with Gasteiger partial charge in [-0.15, -0.1) is 0 Å². The van der Waals surface area contributed by atoms with Gasteiger partial charge < -0.3 is 9.80 Å². The molecule has 2 amide bonds. The molecule has 134 valence electrons. The third-order valence-corrected chi connectivity index (χ3v) is 6.23. The number of hydrogen-bond donors (Lipinski definition) is 0. The van der Waals surface area contributed by atoms with Crippen LogP contribution in [-0.4, -0.2) is 41.2 Å². The van der Waals surface area contributed by atoms with Crippen LogP contribution in [0.1, 0.15) is 44.1 Å². The van der Waals surface area contributed by atoms with Crippen molar-refractivity contribution in [2.24, 2.45) is 11.3 Å². The van der Waals surface area contributed by atoms with Gasteiger partial charge in [0.1, 0.15) is 5.82 Å². The maximum Gasteiger partial charge on any atom is 0.230 e. The van der Waals surface area contributed by atoms with E-state index < -0.39 is 5.41 Å². The van der Waals surface area contributed by atoms with E-state index in [1.54, 1.807) is 12.1 Å². The standard InChI is InChI=1S/C20H25FN2O2/c21-17-7-5-15(6-8-17)13-22-11-2-9-20(19(22)25)10-12-23(14-20)18(24)16-3-1-4-16/h5-8,16H,1-4,9-14H2. The number of halogens is 1. The van der Waals surface area contributed by atoms with Gasteiger partial charge in [-0.1, -0.05) is 18.6 Å². The zero-order chi connectivity index (χ0) is 17.4. The van der Waals surface area contributed by atoms with Crippen molar-refractivity contribution in [1.82, 2.24) is 9.80 Å². The Labute approximate surface area is 148 Å². The van der Waals surface area contributed by atoms with Crippen LogP contribution in [0.2, 0.25) is 0 Å². The van der Waals surface area contributed by atoms with Gasteiger partial charge in [0.2, 0.25) is 11.8 Å². The van der Waals surface area contributed by atoms with Crippen LogP contribution in [0.3, 0.4) is 0 Å². The Kier molecular flexibility index (Phi) is 4.26. The number of piperidine rings is 1. The second kappa shape index (κ2) is 6.43. The van der Waals surface area contributed by atoms with Crippen LogP contribution in [0.15, 0.2) is 24.3 Å². The third kappa shape index (κ3) is 3.05. The summed E-state index contributed by atoms with van der Waals surface area (Å²) in [7, 11) is 0. The van der Waals surface area contributed by atoms with Gasteiger partial charge in [-0.3, -0.25) is 9.59 Å². The van der Waals surface area contributed by atoms with Crippen molar-refractivity contribution in [3.05, 3.63) is 35.6 Å². The topological polar surface area (TPSA) is 40.6 Å². The Balaban J connectivity index is 1.44. The van der Waals surface area contributed by atoms with Crippen molar-refractivity contribution in [1.29, 1.82) is 0 Å². The molecule has 0 bridgehead atoms. The van der Waals surface area contributed by atoms with Crippen LogP contribution < -0.4 is 0 Å². The molecule has 0 N–H and O–H groups in total. The van der Waals surface area contributed by atoms with Gasteiger partial charge in [-0.05, 0) is 49.8 Å². The number of likely N-dealkylation sites (tertiary alicyclic amines) is 2. The van der Waals surface area contributed by atoms with Gasteiger partial charge in [-0.2, -0.15) is 0 Å². The molecular weight excluding hydrogens is 319 g/mol. The molecule has 0 aromatic heterocycles. The predicted octanol–water partition coefficient (Wildman–Crippen LogP) is 2.97. The van der Waals surface area contributed by atoms with Gasteiger partial charge >= 0.3 is 0 Å². The minimum Gasteiger partial charge on any atom is -0.341 e. The molecule has 3 aliphatic rings. The van der Waals surface area contributed by atoms with Crippen molar-refractivity contribution in [3.63, 3.8) is 0 Å². The highest BCUT2D eigenvalue weighted by atomic mass is 19.1. The molecular formula is C20H25FN2O2. The summed E-state index contributed by atoms with van der Waals surface area (Å²) < 4.78 is 13.1. The molecule has 1 unspecified atom stereocenters. The fourth-order valence-electron chi connectivity index (χ4n) is 4.47. The van der Waals surface area contributed by atoms with E-state index in [2.05, 4.69) is 0 Å². The van der Waals surface area contributed by atoms with E-state index in [1.165, 1.54) is 12.1 Å². The molecule has 1 saturated carbocycles. The molecule has 2 heterocycles. The summed E-state index contributed by atoms with van der Waals surface area (Å²) in [5, 5.41) is 0. The Hall–Kier alpha value is -1.91. The van der Waals surface area contributed by atoms with Gasteiger partial charge in [0.05, 0.1) is 5.41 Å². The summed E-state index contributed by atoms with van der Waals surface area (Å²) in [5.74, 6) is 0.369. The largest absolute Gasteiger partial charge is 0.341 e. The first-order valence-electron chi connectivity index (χ1n) is 9.40. The molecule has 2 aliphatic heterocycles. The van der Waals surface area contributed by atoms with Gasteiger partial charge in [0.25, 0.3) is 0 Å². The zero-order valence-corrected chi connectivity index (χ0v) is 14.5. The predicted molar refractivity (Wildman–Crippen MR) is 92.0 cm³/mol. The average molecular weight is 344 g/mol. The smallest absolute Gasteiger partial charge is 0.230 e. The number of hydrogen-bond acceptors (Lipinski definition) is 2. The molecule has 4 rings (SSSR count). The number of benzene rings is 1. The lowest BCUT2D eigenvalue weighted by atomic mass is 9.78. The second-order valence-electron chi connectivity index (χ2n) is 7.87. The molecule has 0 radical (unpaired) electrons. The van der Waals surface area contributed by atoms with Crippen molar-refractivity contribution < 1.29 is 14.0 Å². The van der Waals surface area contributed by atoms with Crippen LogP contribution in [0.25, 0.3) is 0 Å². The molecule has 5 heteroatoms. The number of carbonyl (C=O) groups excluding carboxylic acids is 2. The van der Waals surface area contributed by atoms with Gasteiger partial charge in [0, 0.05) is 32.1 Å². The highest BCUT2D eigenvalue weighted by Gasteiger charge is 2.50. The lowest BCUT2D eigenvalue weighted by Gasteiger charge is -2.39. The average Bonchev–Trinajstić information content (AvgIpc) is 2.98. The first-order chi connectivity index (χ1) is 12.1. The number of carbonyl (C=O) groups is 2. The first-order valence-corrected chi connectivity index (χ1v) is 9.40. The van der Waals surface area contributed by atoms with Crippen LogP contribution >= 0.6 is 0 Å². The minimum atomic E-state index is -0.391. The molecule has 25 heavy (non-hydrogen) atoms. The summed E-state index contributed by atoms with van der Waals surface area (Å²) >= 11 is 0. The maximum absolute atomic E-state index is 13.2. The number of nitrogens with zero attached hydrogens (tertiary/aromatic N) is 2. The van der Waals surface area contributed by atoms with E-state index in [1.807, 2.05) is 9.80 Å². The second-order valence-corrected chi connectivity index (χ2v) is 7.87. The SMILES string of the molecule is O=C(C1CCC1)N1CCC2(CCCN(Cc3ccc(F)cc3)C2=O)C1. The lowest BCUT2D eigenvalue weighted by Crippen LogP contribution is -2.50. The Morgan fingerprint density at radius 1 is 1.12 bits per heavy atom. The van der Waals surface area contributed by atoms with Crippen LogP contribution in [0.5, 0.6) is 0 Å². The van der Waals surface area contributed by atoms with Crippen molar-refractivity contribution in [3.8, 4) is 0 Å². The van der Waals surface area contributed by atoms with E-state index in [4.69, 9.17) is 0 Å². The highest BCUT2D eigenvalue weighted by molar-refractivity contribution is 5.86. The third-order valence-electron chi connectivity index (χ3n) is 6.23. The molecule has 1 aromatic rings. The lowest BCUT2D eigenvalue weighted by molar-refractivity contribution is -0.147. The van der Waals surface area contributed by atoms with Crippen LogP contribution in [0, 0.1) is 17.2 Å². The fraction of sp³-hybridized carbons (Fsp3) is 0.600. The van der Waals surface area contributed by atoms with E-state index in [-0.39, 0.29) is 23.5 Å². The molecule has 1 atom stereocenters. The normalized spacial score (nSPS) is 27.0. The summed E-state index contributed by atoms with van der Waals surface area (Å²) in [6.07, 6.45) is 5.79. The summed E-state index contributed by atoms with van der Waals surface area (Å²) in [4.78, 5) is 29.5. The van der Waals surface area contributed by atoms with Crippen LogP contribution in [-0.2, 0) is 16.1 Å². The minimum absolute atomic E-state index is 0.173. The zero-order valence-electron chi connectivity index (χ0n) is 14.5. The van der Waals surface area contributed by atoms with E-state index in [9.17, 15) is 14.0 Å². The van der Waals surface area contributed by atoms with E-state index >= 15 is 0 Å². The number of amides is 2. The van der Waals surface area contributed by atoms with Crippen molar-refractivity contribution in [2.75, 3.05) is 19.6 Å². The molecule has 1 aromatic carbocycles. The van der Waals surface area contributed by atoms with Gasteiger partial charge in [0.15, 0.2) is 0 Å². The van der Waals surface area contributed by atoms with Crippen molar-refractivity contribution in [2.45, 2.75) is 45.1 Å². The Morgan fingerprint density at radius 3 is 2.56 bits per heavy atom. The summed E-state index contributed by atoms with van der Waals surface area (Å²) in [6, 6.07) is 6.36. The quantitative estimate of drug-likeness (QED) is 0.846. The molecule has 2 saturated heterocycles. The molecule has 1 aliphatic carbocycles. The Bertz CT molecular complexity index is 671. The van der Waals surface area contributed by atoms with Crippen molar-refractivity contribution >= 4 is 11.8 Å². The molecule has 1 spiro atoms. The van der Waals surface area contributed by atoms with E-state index in [0.29, 0.717) is 19.6 Å². The maximum atomic E-state index is 13.2. The summed E-state index contributed by atoms with van der Waals surface area (Å²) in [5.41, 5.74) is 0.560. The van der Waals surface area contributed by atoms with Gasteiger partial charge in [-0.25, -0.2) is 4.39 Å². The fourth-order valence-corrected chi connectivity index (χ4v) is 4.47. The van der Waals surface area contributed by atoms with Crippen LogP contribution in [0.4, 0.5) is 4.39 Å². The van der Waals surface area contributed by atoms with E-state index in [0.717, 1.165) is 50.6 Å². The first kappa shape index (κ1) is 16.6.